The first-order valence-electron chi connectivity index (χ1n) is 7.25. The third kappa shape index (κ3) is 5.54. The lowest BCUT2D eigenvalue weighted by molar-refractivity contribution is 0.173. The van der Waals surface area contributed by atoms with E-state index < -0.39 is 12.1 Å². The minimum absolute atomic E-state index is 0.0766. The average molecular weight is 337 g/mol. The highest BCUT2D eigenvalue weighted by Crippen LogP contribution is 2.15. The first-order chi connectivity index (χ1) is 11.1. The van der Waals surface area contributed by atoms with Crippen molar-refractivity contribution in [2.45, 2.75) is 12.5 Å². The summed E-state index contributed by atoms with van der Waals surface area (Å²) in [4.78, 5) is 11.7. The Morgan fingerprint density at radius 3 is 2.52 bits per heavy atom. The Labute approximate surface area is 139 Å². The van der Waals surface area contributed by atoms with Gasteiger partial charge in [0.25, 0.3) is 0 Å². The van der Waals surface area contributed by atoms with Crippen LogP contribution in [-0.2, 0) is 6.42 Å². The van der Waals surface area contributed by atoms with Gasteiger partial charge in [0, 0.05) is 18.1 Å². The number of rotatable bonds is 6. The fourth-order valence-corrected chi connectivity index (χ4v) is 2.19. The predicted molar refractivity (Wildman–Crippen MR) is 87.9 cm³/mol. The number of carbonyl (C=O) groups excluding carboxylic acids is 1. The lowest BCUT2D eigenvalue weighted by atomic mass is 10.1. The zero-order valence-corrected chi connectivity index (χ0v) is 13.2. The Balaban J connectivity index is 1.71. The summed E-state index contributed by atoms with van der Waals surface area (Å²) in [5, 5.41) is 15.7. The number of carbonyl (C=O) groups is 1. The number of nitrogens with one attached hydrogen (secondary N) is 2. The number of amides is 2. The van der Waals surface area contributed by atoms with Crippen LogP contribution in [0.25, 0.3) is 0 Å². The third-order valence-corrected chi connectivity index (χ3v) is 3.60. The highest BCUT2D eigenvalue weighted by molar-refractivity contribution is 6.30. The van der Waals surface area contributed by atoms with Crippen LogP contribution in [0.4, 0.5) is 9.18 Å². The summed E-state index contributed by atoms with van der Waals surface area (Å²) in [6.45, 7) is 0.386. The molecule has 0 aromatic heterocycles. The zero-order valence-electron chi connectivity index (χ0n) is 12.4. The number of aliphatic hydroxyl groups excluding tert-OH is 1. The van der Waals surface area contributed by atoms with Gasteiger partial charge in [0.2, 0.25) is 0 Å². The smallest absolute Gasteiger partial charge is 0.314 e. The number of aliphatic hydroxyl groups is 1. The summed E-state index contributed by atoms with van der Waals surface area (Å²) in [6.07, 6.45) is -0.413. The SMILES string of the molecule is O=C(NCCc1ccccc1F)NC[C@H](O)c1ccc(Cl)cc1. The minimum atomic E-state index is -0.815. The van der Waals surface area contributed by atoms with Crippen LogP contribution in [0.3, 0.4) is 0 Å². The van der Waals surface area contributed by atoms with Crippen molar-refractivity contribution in [2.75, 3.05) is 13.1 Å². The summed E-state index contributed by atoms with van der Waals surface area (Å²) >= 11 is 5.77. The molecule has 122 valence electrons. The largest absolute Gasteiger partial charge is 0.387 e. The third-order valence-electron chi connectivity index (χ3n) is 3.35. The second kappa shape index (κ2) is 8.50. The van der Waals surface area contributed by atoms with E-state index in [1.807, 2.05) is 0 Å². The van der Waals surface area contributed by atoms with Crippen molar-refractivity contribution < 1.29 is 14.3 Å². The molecular formula is C17H18ClFN2O2. The highest BCUT2D eigenvalue weighted by Gasteiger charge is 2.09. The molecule has 1 atom stereocenters. The van der Waals surface area contributed by atoms with Crippen molar-refractivity contribution in [1.82, 2.24) is 10.6 Å². The molecule has 0 saturated carbocycles. The fraction of sp³-hybridized carbons (Fsp3) is 0.235. The van der Waals surface area contributed by atoms with Gasteiger partial charge in [0.05, 0.1) is 6.10 Å². The van der Waals surface area contributed by atoms with Crippen molar-refractivity contribution >= 4 is 17.6 Å². The zero-order chi connectivity index (χ0) is 16.7. The maximum absolute atomic E-state index is 13.4. The number of benzene rings is 2. The fourth-order valence-electron chi connectivity index (χ4n) is 2.07. The van der Waals surface area contributed by atoms with Crippen LogP contribution in [0.1, 0.15) is 17.2 Å². The molecular weight excluding hydrogens is 319 g/mol. The maximum Gasteiger partial charge on any atom is 0.314 e. The van der Waals surface area contributed by atoms with Gasteiger partial charge in [0.15, 0.2) is 0 Å². The molecule has 3 N–H and O–H groups in total. The molecule has 2 amide bonds. The van der Waals surface area contributed by atoms with E-state index in [-0.39, 0.29) is 12.4 Å². The number of hydrogen-bond donors (Lipinski definition) is 3. The van der Waals surface area contributed by atoms with E-state index in [9.17, 15) is 14.3 Å². The molecule has 0 unspecified atom stereocenters. The van der Waals surface area contributed by atoms with Crippen molar-refractivity contribution in [2.24, 2.45) is 0 Å². The van der Waals surface area contributed by atoms with Crippen LogP contribution < -0.4 is 10.6 Å². The molecule has 0 saturated heterocycles. The highest BCUT2D eigenvalue weighted by atomic mass is 35.5. The first kappa shape index (κ1) is 17.2. The van der Waals surface area contributed by atoms with Crippen LogP contribution >= 0.6 is 11.6 Å². The van der Waals surface area contributed by atoms with E-state index in [0.717, 1.165) is 0 Å². The van der Waals surface area contributed by atoms with Crippen LogP contribution in [0.2, 0.25) is 5.02 Å². The van der Waals surface area contributed by atoms with Gasteiger partial charge >= 0.3 is 6.03 Å². The second-order valence-corrected chi connectivity index (χ2v) is 5.48. The molecule has 2 aromatic carbocycles. The van der Waals surface area contributed by atoms with E-state index in [1.165, 1.54) is 6.07 Å². The van der Waals surface area contributed by atoms with Crippen LogP contribution in [0.5, 0.6) is 0 Å². The van der Waals surface area contributed by atoms with Crippen molar-refractivity contribution in [3.63, 3.8) is 0 Å². The molecule has 0 aliphatic rings. The summed E-state index contributed by atoms with van der Waals surface area (Å²) < 4.78 is 13.4. The van der Waals surface area contributed by atoms with Crippen molar-refractivity contribution in [1.29, 1.82) is 0 Å². The van der Waals surface area contributed by atoms with E-state index in [1.54, 1.807) is 42.5 Å². The Bertz CT molecular complexity index is 649. The van der Waals surface area contributed by atoms with Crippen molar-refractivity contribution in [3.05, 3.63) is 70.5 Å². The minimum Gasteiger partial charge on any atom is -0.387 e. The summed E-state index contributed by atoms with van der Waals surface area (Å²) in [5.41, 5.74) is 1.22. The molecule has 0 radical (unpaired) electrons. The molecule has 0 spiro atoms. The topological polar surface area (TPSA) is 61.4 Å². The summed E-state index contributed by atoms with van der Waals surface area (Å²) in [6, 6.07) is 12.8. The van der Waals surface area contributed by atoms with Crippen molar-refractivity contribution in [3.8, 4) is 0 Å². The molecule has 2 aromatic rings. The Morgan fingerprint density at radius 2 is 1.83 bits per heavy atom. The molecule has 0 aliphatic carbocycles. The molecule has 0 fully saturated rings. The Morgan fingerprint density at radius 1 is 1.13 bits per heavy atom. The van der Waals surface area contributed by atoms with Gasteiger partial charge in [-0.05, 0) is 35.7 Å². The maximum atomic E-state index is 13.4. The number of urea groups is 1. The van der Waals surface area contributed by atoms with E-state index >= 15 is 0 Å². The van der Waals surface area contributed by atoms with Gasteiger partial charge in [0.1, 0.15) is 5.82 Å². The molecule has 0 bridgehead atoms. The predicted octanol–water partition coefficient (Wildman–Crippen LogP) is 3.05. The normalized spacial score (nSPS) is 11.8. The first-order valence-corrected chi connectivity index (χ1v) is 7.62. The van der Waals surface area contributed by atoms with Crippen LogP contribution in [0.15, 0.2) is 48.5 Å². The van der Waals surface area contributed by atoms with E-state index in [4.69, 9.17) is 11.6 Å². The molecule has 0 heterocycles. The monoisotopic (exact) mass is 336 g/mol. The van der Waals surface area contributed by atoms with Gasteiger partial charge in [-0.3, -0.25) is 0 Å². The van der Waals surface area contributed by atoms with Gasteiger partial charge in [-0.2, -0.15) is 0 Å². The number of hydrogen-bond acceptors (Lipinski definition) is 2. The van der Waals surface area contributed by atoms with E-state index in [0.29, 0.717) is 29.1 Å². The summed E-state index contributed by atoms with van der Waals surface area (Å²) in [7, 11) is 0. The lowest BCUT2D eigenvalue weighted by Gasteiger charge is -2.13. The van der Waals surface area contributed by atoms with Gasteiger partial charge in [-0.15, -0.1) is 0 Å². The van der Waals surface area contributed by atoms with Gasteiger partial charge in [-0.25, -0.2) is 9.18 Å². The standard InChI is InChI=1S/C17H18ClFN2O2/c18-14-7-5-13(6-8-14)16(22)11-21-17(23)20-10-9-12-3-1-2-4-15(12)19/h1-8,16,22H,9-11H2,(H2,20,21,23)/t16-/m0/s1. The molecule has 6 heteroatoms. The van der Waals surface area contributed by atoms with Crippen LogP contribution in [-0.4, -0.2) is 24.2 Å². The second-order valence-electron chi connectivity index (χ2n) is 5.05. The average Bonchev–Trinajstić information content (AvgIpc) is 2.55. The van der Waals surface area contributed by atoms with Crippen LogP contribution in [0, 0.1) is 5.82 Å². The quantitative estimate of drug-likeness (QED) is 0.759. The summed E-state index contributed by atoms with van der Waals surface area (Å²) in [5.74, 6) is -0.284. The lowest BCUT2D eigenvalue weighted by Crippen LogP contribution is -2.38. The molecule has 2 rings (SSSR count). The Hall–Kier alpha value is -2.11. The molecule has 0 aliphatic heterocycles. The van der Waals surface area contributed by atoms with Gasteiger partial charge in [-0.1, -0.05) is 41.9 Å². The Kier molecular flexibility index (Phi) is 6.38. The molecule has 23 heavy (non-hydrogen) atoms. The molecule has 4 nitrogen and oxygen atoms in total. The number of halogens is 2. The van der Waals surface area contributed by atoms with Gasteiger partial charge < -0.3 is 15.7 Å². The van der Waals surface area contributed by atoms with E-state index in [2.05, 4.69) is 10.6 Å².